The van der Waals surface area contributed by atoms with Gasteiger partial charge in [-0.25, -0.2) is 4.98 Å². The van der Waals surface area contributed by atoms with Crippen LogP contribution < -0.4 is 10.1 Å². The summed E-state index contributed by atoms with van der Waals surface area (Å²) in [6.07, 6.45) is -0.737. The SMILES string of the molecule is Cc1nc(-c2ccccc2NC(=O)C(C)Oc2ccc(Cl)cc2Cl)cs1. The van der Waals surface area contributed by atoms with E-state index in [0.717, 1.165) is 16.3 Å². The van der Waals surface area contributed by atoms with Gasteiger partial charge in [0.2, 0.25) is 0 Å². The molecule has 1 heterocycles. The second kappa shape index (κ2) is 8.08. The highest BCUT2D eigenvalue weighted by Crippen LogP contribution is 2.30. The Kier molecular flexibility index (Phi) is 5.81. The van der Waals surface area contributed by atoms with Crippen LogP contribution in [0.5, 0.6) is 5.75 Å². The molecule has 134 valence electrons. The van der Waals surface area contributed by atoms with Gasteiger partial charge < -0.3 is 10.1 Å². The third-order valence-corrected chi connectivity index (χ3v) is 4.95. The number of carbonyl (C=O) groups is 1. The highest BCUT2D eigenvalue weighted by atomic mass is 35.5. The first-order valence-corrected chi connectivity index (χ1v) is 9.51. The fourth-order valence-electron chi connectivity index (χ4n) is 2.35. The summed E-state index contributed by atoms with van der Waals surface area (Å²) in [5.41, 5.74) is 2.38. The molecular weight excluding hydrogens is 391 g/mol. The number of thiazole rings is 1. The number of anilines is 1. The van der Waals surface area contributed by atoms with Gasteiger partial charge in [0.05, 0.1) is 21.4 Å². The number of carbonyl (C=O) groups excluding carboxylic acids is 1. The molecule has 0 aliphatic carbocycles. The van der Waals surface area contributed by atoms with Crippen LogP contribution >= 0.6 is 34.5 Å². The van der Waals surface area contributed by atoms with Gasteiger partial charge in [-0.3, -0.25) is 4.79 Å². The molecule has 26 heavy (non-hydrogen) atoms. The van der Waals surface area contributed by atoms with Crippen LogP contribution in [0.2, 0.25) is 10.0 Å². The van der Waals surface area contributed by atoms with Crippen LogP contribution in [0.1, 0.15) is 11.9 Å². The summed E-state index contributed by atoms with van der Waals surface area (Å²) in [4.78, 5) is 17.0. The molecule has 1 atom stereocenters. The molecule has 4 nitrogen and oxygen atoms in total. The fourth-order valence-corrected chi connectivity index (χ4v) is 3.42. The molecule has 0 spiro atoms. The first-order chi connectivity index (χ1) is 12.4. The molecular formula is C19H16Cl2N2O2S. The van der Waals surface area contributed by atoms with Crippen LogP contribution in [0.3, 0.4) is 0 Å². The quantitative estimate of drug-likeness (QED) is 0.579. The van der Waals surface area contributed by atoms with Crippen LogP contribution in [-0.2, 0) is 4.79 Å². The molecule has 3 rings (SSSR count). The number of para-hydroxylation sites is 1. The second-order valence-electron chi connectivity index (χ2n) is 5.62. The lowest BCUT2D eigenvalue weighted by atomic mass is 10.1. The summed E-state index contributed by atoms with van der Waals surface area (Å²) < 4.78 is 5.67. The molecule has 2 aromatic carbocycles. The summed E-state index contributed by atoms with van der Waals surface area (Å²) in [6, 6.07) is 12.4. The van der Waals surface area contributed by atoms with Gasteiger partial charge in [0.25, 0.3) is 5.91 Å². The van der Waals surface area contributed by atoms with Gasteiger partial charge in [0, 0.05) is 16.0 Å². The number of amides is 1. The highest BCUT2D eigenvalue weighted by molar-refractivity contribution is 7.09. The number of aromatic nitrogens is 1. The first kappa shape index (κ1) is 18.7. The van der Waals surface area contributed by atoms with Crippen molar-refractivity contribution in [1.29, 1.82) is 0 Å². The van der Waals surface area contributed by atoms with Gasteiger partial charge in [-0.05, 0) is 38.1 Å². The zero-order chi connectivity index (χ0) is 18.7. The molecule has 1 amide bonds. The molecule has 0 saturated carbocycles. The van der Waals surface area contributed by atoms with Crippen molar-refractivity contribution in [2.45, 2.75) is 20.0 Å². The standard InChI is InChI=1S/C19H16Cl2N2O2S/c1-11(25-18-8-7-13(20)9-15(18)21)19(24)23-16-6-4-3-5-14(16)17-10-26-12(2)22-17/h3-11H,1-2H3,(H,23,24). The lowest BCUT2D eigenvalue weighted by Gasteiger charge is -2.17. The molecule has 0 bridgehead atoms. The molecule has 7 heteroatoms. The minimum Gasteiger partial charge on any atom is -0.479 e. The van der Waals surface area contributed by atoms with Crippen LogP contribution in [-0.4, -0.2) is 17.0 Å². The van der Waals surface area contributed by atoms with E-state index in [1.165, 1.54) is 0 Å². The summed E-state index contributed by atoms with van der Waals surface area (Å²) in [6.45, 7) is 3.61. The Morgan fingerprint density at radius 3 is 2.69 bits per heavy atom. The average molecular weight is 407 g/mol. The normalized spacial score (nSPS) is 11.8. The van der Waals surface area contributed by atoms with E-state index >= 15 is 0 Å². The molecule has 0 radical (unpaired) electrons. The Hall–Kier alpha value is -2.08. The van der Waals surface area contributed by atoms with Gasteiger partial charge in [-0.2, -0.15) is 0 Å². The number of hydrogen-bond acceptors (Lipinski definition) is 4. The van der Waals surface area contributed by atoms with Gasteiger partial charge in [0.1, 0.15) is 5.75 Å². The predicted octanol–water partition coefficient (Wildman–Crippen LogP) is 5.83. The molecule has 0 aliphatic rings. The molecule has 1 N–H and O–H groups in total. The maximum Gasteiger partial charge on any atom is 0.265 e. The molecule has 3 aromatic rings. The van der Waals surface area contributed by atoms with Crippen molar-refractivity contribution in [3.05, 3.63) is 62.9 Å². The Morgan fingerprint density at radius 1 is 1.23 bits per heavy atom. The second-order valence-corrected chi connectivity index (χ2v) is 7.53. The lowest BCUT2D eigenvalue weighted by molar-refractivity contribution is -0.122. The van der Waals surface area contributed by atoms with Crippen molar-refractivity contribution >= 4 is 46.1 Å². The van der Waals surface area contributed by atoms with E-state index in [2.05, 4.69) is 10.3 Å². The molecule has 1 aromatic heterocycles. The van der Waals surface area contributed by atoms with Crippen molar-refractivity contribution in [2.75, 3.05) is 5.32 Å². The van der Waals surface area contributed by atoms with Crippen LogP contribution in [0.4, 0.5) is 5.69 Å². The van der Waals surface area contributed by atoms with Crippen LogP contribution in [0.25, 0.3) is 11.3 Å². The number of benzene rings is 2. The molecule has 0 aliphatic heterocycles. The van der Waals surface area contributed by atoms with E-state index in [4.69, 9.17) is 27.9 Å². The van der Waals surface area contributed by atoms with E-state index in [0.29, 0.717) is 21.5 Å². The van der Waals surface area contributed by atoms with E-state index < -0.39 is 6.10 Å². The summed E-state index contributed by atoms with van der Waals surface area (Å²) in [5, 5.41) is 6.70. The fraction of sp³-hybridized carbons (Fsp3) is 0.158. The maximum atomic E-state index is 12.6. The smallest absolute Gasteiger partial charge is 0.265 e. The average Bonchev–Trinajstić information content (AvgIpc) is 3.04. The minimum absolute atomic E-state index is 0.282. The van der Waals surface area contributed by atoms with Crippen LogP contribution in [0, 0.1) is 6.92 Å². The van der Waals surface area contributed by atoms with Gasteiger partial charge in [-0.1, -0.05) is 41.4 Å². The van der Waals surface area contributed by atoms with Crippen molar-refractivity contribution < 1.29 is 9.53 Å². The van der Waals surface area contributed by atoms with Crippen molar-refractivity contribution in [2.24, 2.45) is 0 Å². The van der Waals surface area contributed by atoms with Gasteiger partial charge in [0.15, 0.2) is 6.10 Å². The Labute approximate surface area is 165 Å². The minimum atomic E-state index is -0.737. The Balaban J connectivity index is 1.75. The maximum absolute atomic E-state index is 12.6. The third-order valence-electron chi connectivity index (χ3n) is 3.65. The number of halogens is 2. The van der Waals surface area contributed by atoms with Crippen LogP contribution in [0.15, 0.2) is 47.8 Å². The molecule has 0 fully saturated rings. The number of nitrogens with zero attached hydrogens (tertiary/aromatic N) is 1. The van der Waals surface area contributed by atoms with E-state index in [-0.39, 0.29) is 5.91 Å². The third kappa shape index (κ3) is 4.36. The van der Waals surface area contributed by atoms with Gasteiger partial charge >= 0.3 is 0 Å². The predicted molar refractivity (Wildman–Crippen MR) is 107 cm³/mol. The van der Waals surface area contributed by atoms with Gasteiger partial charge in [-0.15, -0.1) is 11.3 Å². The lowest BCUT2D eigenvalue weighted by Crippen LogP contribution is -2.30. The molecule has 1 unspecified atom stereocenters. The van der Waals surface area contributed by atoms with Crippen molar-refractivity contribution in [3.63, 3.8) is 0 Å². The summed E-state index contributed by atoms with van der Waals surface area (Å²) in [7, 11) is 0. The summed E-state index contributed by atoms with van der Waals surface area (Å²) >= 11 is 13.5. The Morgan fingerprint density at radius 2 is 2.00 bits per heavy atom. The first-order valence-electron chi connectivity index (χ1n) is 7.88. The van der Waals surface area contributed by atoms with Crippen molar-refractivity contribution in [3.8, 4) is 17.0 Å². The van der Waals surface area contributed by atoms with E-state index in [1.54, 1.807) is 36.5 Å². The topological polar surface area (TPSA) is 51.2 Å². The number of nitrogens with one attached hydrogen (secondary N) is 1. The Bertz CT molecular complexity index is 943. The molecule has 0 saturated heterocycles. The number of hydrogen-bond donors (Lipinski definition) is 1. The zero-order valence-corrected chi connectivity index (χ0v) is 16.5. The number of aryl methyl sites for hydroxylation is 1. The summed E-state index contributed by atoms with van der Waals surface area (Å²) in [5.74, 6) is 0.123. The highest BCUT2D eigenvalue weighted by Gasteiger charge is 2.18. The largest absolute Gasteiger partial charge is 0.479 e. The number of ether oxygens (including phenoxy) is 1. The van der Waals surface area contributed by atoms with E-state index in [1.807, 2.05) is 36.6 Å². The number of rotatable bonds is 5. The monoisotopic (exact) mass is 406 g/mol. The van der Waals surface area contributed by atoms with E-state index in [9.17, 15) is 4.79 Å². The van der Waals surface area contributed by atoms with Crippen molar-refractivity contribution in [1.82, 2.24) is 4.98 Å². The zero-order valence-electron chi connectivity index (χ0n) is 14.1.